The highest BCUT2D eigenvalue weighted by Gasteiger charge is 2.05. The summed E-state index contributed by atoms with van der Waals surface area (Å²) < 4.78 is 6.16. The fourth-order valence-electron chi connectivity index (χ4n) is 0.914. The second kappa shape index (κ2) is 3.95. The highest BCUT2D eigenvalue weighted by Crippen LogP contribution is 2.11. The number of ether oxygens (including phenoxy) is 1. The fourth-order valence-corrected chi connectivity index (χ4v) is 0.914. The summed E-state index contributed by atoms with van der Waals surface area (Å²) in [5.74, 6) is 0.675. The molecular formula is C9H13NO2. The molecule has 0 radical (unpaired) electrons. The summed E-state index contributed by atoms with van der Waals surface area (Å²) in [6.45, 7) is 4.44. The van der Waals surface area contributed by atoms with Gasteiger partial charge in [-0.2, -0.15) is 4.73 Å². The molecule has 0 saturated carbocycles. The molecule has 66 valence electrons. The van der Waals surface area contributed by atoms with Gasteiger partial charge in [0.05, 0.1) is 6.61 Å². The van der Waals surface area contributed by atoms with E-state index in [2.05, 4.69) is 0 Å². The number of hydrogen-bond donors (Lipinski definition) is 0. The van der Waals surface area contributed by atoms with E-state index in [-0.39, 0.29) is 0 Å². The molecule has 3 heteroatoms. The molecule has 0 aliphatic heterocycles. The Morgan fingerprint density at radius 1 is 1.58 bits per heavy atom. The van der Waals surface area contributed by atoms with E-state index in [1.54, 1.807) is 19.1 Å². The van der Waals surface area contributed by atoms with Crippen LogP contribution in [-0.4, -0.2) is 6.61 Å². The molecule has 0 atom stereocenters. The molecule has 1 aromatic rings. The van der Waals surface area contributed by atoms with Gasteiger partial charge in [0.2, 0.25) is 5.69 Å². The first-order chi connectivity index (χ1) is 5.75. The Hall–Kier alpha value is -1.25. The van der Waals surface area contributed by atoms with E-state index in [1.165, 1.54) is 6.20 Å². The third-order valence-electron chi connectivity index (χ3n) is 1.62. The molecule has 0 unspecified atom stereocenters. The van der Waals surface area contributed by atoms with Gasteiger partial charge >= 0.3 is 0 Å². The van der Waals surface area contributed by atoms with Crippen LogP contribution in [0.1, 0.15) is 19.0 Å². The molecule has 1 rings (SSSR count). The maximum Gasteiger partial charge on any atom is 0.231 e. The molecule has 0 N–H and O–H groups in total. The van der Waals surface area contributed by atoms with Crippen LogP contribution in [0.4, 0.5) is 0 Å². The summed E-state index contributed by atoms with van der Waals surface area (Å²) in [5, 5.41) is 11.0. The molecule has 0 bridgehead atoms. The van der Waals surface area contributed by atoms with Crippen LogP contribution in [0.25, 0.3) is 0 Å². The predicted octanol–water partition coefficient (Wildman–Crippen LogP) is 1.42. The van der Waals surface area contributed by atoms with Crippen LogP contribution in [0.5, 0.6) is 5.75 Å². The van der Waals surface area contributed by atoms with E-state index in [4.69, 9.17) is 4.74 Å². The number of hydrogen-bond acceptors (Lipinski definition) is 2. The Balaban J connectivity index is 2.78. The Morgan fingerprint density at radius 3 is 3.00 bits per heavy atom. The number of pyridine rings is 1. The predicted molar refractivity (Wildman–Crippen MR) is 45.9 cm³/mol. The fraction of sp³-hybridized carbons (Fsp3) is 0.444. The van der Waals surface area contributed by atoms with Crippen molar-refractivity contribution in [2.45, 2.75) is 20.3 Å². The SMILES string of the molecule is CCCOc1ccc[n+]([O-])c1C. The van der Waals surface area contributed by atoms with Gasteiger partial charge in [0.25, 0.3) is 0 Å². The zero-order valence-electron chi connectivity index (χ0n) is 7.41. The van der Waals surface area contributed by atoms with E-state index in [0.29, 0.717) is 18.1 Å². The first-order valence-corrected chi connectivity index (χ1v) is 4.07. The maximum absolute atomic E-state index is 11.0. The van der Waals surface area contributed by atoms with Crippen LogP contribution >= 0.6 is 0 Å². The van der Waals surface area contributed by atoms with Crippen molar-refractivity contribution in [3.8, 4) is 5.75 Å². The van der Waals surface area contributed by atoms with Crippen molar-refractivity contribution >= 4 is 0 Å². The average molecular weight is 167 g/mol. The zero-order chi connectivity index (χ0) is 8.97. The van der Waals surface area contributed by atoms with Crippen molar-refractivity contribution in [2.24, 2.45) is 0 Å². The summed E-state index contributed by atoms with van der Waals surface area (Å²) in [6.07, 6.45) is 2.42. The van der Waals surface area contributed by atoms with Crippen molar-refractivity contribution in [3.05, 3.63) is 29.2 Å². The quantitative estimate of drug-likeness (QED) is 0.504. The van der Waals surface area contributed by atoms with E-state index in [1.807, 2.05) is 6.92 Å². The molecule has 1 heterocycles. The van der Waals surface area contributed by atoms with Gasteiger partial charge < -0.3 is 9.94 Å². The second-order valence-corrected chi connectivity index (χ2v) is 2.63. The minimum absolute atomic E-state index is 0.617. The van der Waals surface area contributed by atoms with Gasteiger partial charge in [-0.25, -0.2) is 0 Å². The summed E-state index contributed by atoms with van der Waals surface area (Å²) in [5.41, 5.74) is 0.617. The Labute approximate surface area is 72.2 Å². The molecule has 0 amide bonds. The summed E-state index contributed by atoms with van der Waals surface area (Å²) in [6, 6.07) is 3.49. The van der Waals surface area contributed by atoms with Crippen LogP contribution in [0.3, 0.4) is 0 Å². The topological polar surface area (TPSA) is 36.2 Å². The van der Waals surface area contributed by atoms with E-state index >= 15 is 0 Å². The first kappa shape index (κ1) is 8.84. The van der Waals surface area contributed by atoms with Gasteiger partial charge in [-0.05, 0) is 12.5 Å². The maximum atomic E-state index is 11.0. The molecule has 0 fully saturated rings. The number of rotatable bonds is 3. The van der Waals surface area contributed by atoms with Gasteiger partial charge in [0.1, 0.15) is 0 Å². The molecule has 0 spiro atoms. The summed E-state index contributed by atoms with van der Waals surface area (Å²) in [4.78, 5) is 0. The van der Waals surface area contributed by atoms with Gasteiger partial charge in [0.15, 0.2) is 11.9 Å². The van der Waals surface area contributed by atoms with Crippen LogP contribution in [0, 0.1) is 12.1 Å². The van der Waals surface area contributed by atoms with Gasteiger partial charge in [-0.1, -0.05) is 6.92 Å². The second-order valence-electron chi connectivity index (χ2n) is 2.63. The minimum atomic E-state index is 0.617. The van der Waals surface area contributed by atoms with Crippen LogP contribution in [0.15, 0.2) is 18.3 Å². The highest BCUT2D eigenvalue weighted by atomic mass is 16.5. The lowest BCUT2D eigenvalue weighted by atomic mass is 10.3. The monoisotopic (exact) mass is 167 g/mol. The van der Waals surface area contributed by atoms with Gasteiger partial charge in [-0.3, -0.25) is 0 Å². The largest absolute Gasteiger partial charge is 0.618 e. The third-order valence-corrected chi connectivity index (χ3v) is 1.62. The number of nitrogens with zero attached hydrogens (tertiary/aromatic N) is 1. The lowest BCUT2D eigenvalue weighted by Gasteiger charge is -2.06. The Morgan fingerprint density at radius 2 is 2.33 bits per heavy atom. The van der Waals surface area contributed by atoms with Crippen LogP contribution < -0.4 is 9.47 Å². The van der Waals surface area contributed by atoms with E-state index < -0.39 is 0 Å². The van der Waals surface area contributed by atoms with Crippen molar-refractivity contribution in [3.63, 3.8) is 0 Å². The van der Waals surface area contributed by atoms with Crippen molar-refractivity contribution in [2.75, 3.05) is 6.61 Å². The normalized spacial score (nSPS) is 9.83. The van der Waals surface area contributed by atoms with E-state index in [9.17, 15) is 5.21 Å². The van der Waals surface area contributed by atoms with Crippen molar-refractivity contribution in [1.29, 1.82) is 0 Å². The summed E-state index contributed by atoms with van der Waals surface area (Å²) >= 11 is 0. The molecule has 12 heavy (non-hydrogen) atoms. The van der Waals surface area contributed by atoms with Crippen molar-refractivity contribution in [1.82, 2.24) is 0 Å². The average Bonchev–Trinajstić information content (AvgIpc) is 2.08. The molecule has 0 aliphatic rings. The molecule has 3 nitrogen and oxygen atoms in total. The summed E-state index contributed by atoms with van der Waals surface area (Å²) in [7, 11) is 0. The van der Waals surface area contributed by atoms with Gasteiger partial charge in [-0.15, -0.1) is 0 Å². The van der Waals surface area contributed by atoms with E-state index in [0.717, 1.165) is 11.2 Å². The molecule has 0 aliphatic carbocycles. The molecular weight excluding hydrogens is 154 g/mol. The van der Waals surface area contributed by atoms with Crippen molar-refractivity contribution < 1.29 is 9.47 Å². The van der Waals surface area contributed by atoms with Crippen LogP contribution in [0.2, 0.25) is 0 Å². The highest BCUT2D eigenvalue weighted by molar-refractivity contribution is 5.21. The molecule has 0 saturated heterocycles. The standard InChI is InChI=1S/C9H13NO2/c1-3-7-12-9-5-4-6-10(11)8(9)2/h4-6H,3,7H2,1-2H3. The first-order valence-electron chi connectivity index (χ1n) is 4.07. The smallest absolute Gasteiger partial charge is 0.231 e. The lowest BCUT2D eigenvalue weighted by molar-refractivity contribution is -0.612. The lowest BCUT2D eigenvalue weighted by Crippen LogP contribution is -2.29. The minimum Gasteiger partial charge on any atom is -0.618 e. The Bertz CT molecular complexity index is 261. The molecule has 0 aromatic carbocycles. The third kappa shape index (κ3) is 1.87. The van der Waals surface area contributed by atoms with Gasteiger partial charge in [0, 0.05) is 13.0 Å². The Kier molecular flexibility index (Phi) is 2.91. The number of aromatic nitrogens is 1. The zero-order valence-corrected chi connectivity index (χ0v) is 7.41. The van der Waals surface area contributed by atoms with Crippen LogP contribution in [-0.2, 0) is 0 Å². The molecule has 1 aromatic heterocycles.